The normalized spacial score (nSPS) is 21.4. The number of pyridine rings is 1. The number of halogens is 1. The van der Waals surface area contributed by atoms with Gasteiger partial charge in [-0.25, -0.2) is 9.50 Å². The maximum atomic E-state index is 6.05. The van der Waals surface area contributed by atoms with E-state index in [9.17, 15) is 0 Å². The molecule has 16 heavy (non-hydrogen) atoms. The molecule has 2 aromatic rings. The van der Waals surface area contributed by atoms with E-state index in [-0.39, 0.29) is 6.10 Å². The lowest BCUT2D eigenvalue weighted by Crippen LogP contribution is -2.12. The highest BCUT2D eigenvalue weighted by Crippen LogP contribution is 2.26. The number of hydrogen-bond donors (Lipinski definition) is 0. The summed E-state index contributed by atoms with van der Waals surface area (Å²) in [5, 5.41) is 5.02. The summed E-state index contributed by atoms with van der Waals surface area (Å²) >= 11 is 6.05. The number of aromatic nitrogens is 3. The first-order valence-corrected chi connectivity index (χ1v) is 5.85. The maximum Gasteiger partial charge on any atom is 0.180 e. The van der Waals surface area contributed by atoms with Crippen molar-refractivity contribution >= 4 is 17.2 Å². The molecule has 84 valence electrons. The molecular formula is C11H12ClN3O. The van der Waals surface area contributed by atoms with E-state index in [1.54, 1.807) is 4.52 Å². The Bertz CT molecular complexity index is 505. The lowest BCUT2D eigenvalue weighted by atomic mass is 10.1. The van der Waals surface area contributed by atoms with Crippen LogP contribution in [-0.4, -0.2) is 21.2 Å². The number of hydrogen-bond acceptors (Lipinski definition) is 3. The fourth-order valence-corrected chi connectivity index (χ4v) is 2.17. The Hall–Kier alpha value is -1.13. The lowest BCUT2D eigenvalue weighted by Gasteiger charge is -2.19. The van der Waals surface area contributed by atoms with Gasteiger partial charge in [0.1, 0.15) is 6.10 Å². The monoisotopic (exact) mass is 237 g/mol. The number of rotatable bonds is 1. The maximum absolute atomic E-state index is 6.05. The van der Waals surface area contributed by atoms with Crippen LogP contribution < -0.4 is 0 Å². The van der Waals surface area contributed by atoms with E-state index in [4.69, 9.17) is 16.3 Å². The quantitative estimate of drug-likeness (QED) is 0.766. The summed E-state index contributed by atoms with van der Waals surface area (Å²) in [5.74, 6) is 0.743. The van der Waals surface area contributed by atoms with Crippen LogP contribution >= 0.6 is 11.6 Å². The second kappa shape index (κ2) is 4.03. The zero-order chi connectivity index (χ0) is 11.0. The molecule has 1 unspecified atom stereocenters. The van der Waals surface area contributed by atoms with Crippen LogP contribution in [0.1, 0.15) is 31.2 Å². The van der Waals surface area contributed by atoms with Crippen LogP contribution in [0.2, 0.25) is 5.02 Å². The molecule has 0 radical (unpaired) electrons. The highest BCUT2D eigenvalue weighted by atomic mass is 35.5. The zero-order valence-electron chi connectivity index (χ0n) is 8.77. The van der Waals surface area contributed by atoms with Crippen LogP contribution in [0.5, 0.6) is 0 Å². The minimum Gasteiger partial charge on any atom is -0.370 e. The Morgan fingerprint density at radius 3 is 3.12 bits per heavy atom. The van der Waals surface area contributed by atoms with Gasteiger partial charge in [0.05, 0.1) is 5.02 Å². The minimum atomic E-state index is 0.0321. The Balaban J connectivity index is 2.01. The highest BCUT2D eigenvalue weighted by Gasteiger charge is 2.21. The lowest BCUT2D eigenvalue weighted by molar-refractivity contribution is 0.00962. The van der Waals surface area contributed by atoms with Crippen LogP contribution in [0.15, 0.2) is 18.3 Å². The van der Waals surface area contributed by atoms with E-state index in [2.05, 4.69) is 10.1 Å². The van der Waals surface area contributed by atoms with Crippen molar-refractivity contribution in [3.05, 3.63) is 29.2 Å². The largest absolute Gasteiger partial charge is 0.370 e. The Labute approximate surface area is 98.2 Å². The Morgan fingerprint density at radius 1 is 1.44 bits per heavy atom. The predicted octanol–water partition coefficient (Wildman–Crippen LogP) is 2.62. The van der Waals surface area contributed by atoms with Gasteiger partial charge in [-0.1, -0.05) is 11.6 Å². The molecule has 3 rings (SSSR count). The smallest absolute Gasteiger partial charge is 0.180 e. The summed E-state index contributed by atoms with van der Waals surface area (Å²) in [5.41, 5.74) is 0.702. The predicted molar refractivity (Wildman–Crippen MR) is 60.5 cm³/mol. The summed E-state index contributed by atoms with van der Waals surface area (Å²) in [6, 6.07) is 3.67. The third-order valence-electron chi connectivity index (χ3n) is 2.80. The van der Waals surface area contributed by atoms with E-state index < -0.39 is 0 Å². The van der Waals surface area contributed by atoms with Crippen molar-refractivity contribution in [2.24, 2.45) is 0 Å². The molecule has 1 aliphatic rings. The van der Waals surface area contributed by atoms with Gasteiger partial charge in [-0.05, 0) is 31.4 Å². The molecule has 0 amide bonds. The third-order valence-corrected chi connectivity index (χ3v) is 3.09. The van der Waals surface area contributed by atoms with Gasteiger partial charge in [-0.2, -0.15) is 0 Å². The van der Waals surface area contributed by atoms with Crippen LogP contribution in [-0.2, 0) is 4.74 Å². The molecule has 0 saturated carbocycles. The van der Waals surface area contributed by atoms with E-state index in [1.165, 1.54) is 6.42 Å². The molecule has 1 atom stereocenters. The minimum absolute atomic E-state index is 0.0321. The number of nitrogens with zero attached hydrogens (tertiary/aromatic N) is 3. The standard InChI is InChI=1S/C11H12ClN3O/c12-8-4-3-6-15-11(8)13-10(14-15)9-5-1-2-7-16-9/h3-4,6,9H,1-2,5,7H2. The summed E-state index contributed by atoms with van der Waals surface area (Å²) in [4.78, 5) is 4.43. The van der Waals surface area contributed by atoms with Crippen molar-refractivity contribution in [2.45, 2.75) is 25.4 Å². The topological polar surface area (TPSA) is 39.4 Å². The van der Waals surface area contributed by atoms with Gasteiger partial charge in [-0.15, -0.1) is 5.10 Å². The summed E-state index contributed by atoms with van der Waals surface area (Å²) < 4.78 is 7.36. The molecule has 4 nitrogen and oxygen atoms in total. The average Bonchev–Trinajstić information content (AvgIpc) is 2.76. The van der Waals surface area contributed by atoms with Gasteiger partial charge in [0.2, 0.25) is 0 Å². The molecule has 0 N–H and O–H groups in total. The SMILES string of the molecule is Clc1cccn2nc(C3CCCCO3)nc12. The summed E-state index contributed by atoms with van der Waals surface area (Å²) in [6.07, 6.45) is 5.18. The highest BCUT2D eigenvalue weighted by molar-refractivity contribution is 6.33. The molecule has 3 heterocycles. The van der Waals surface area contributed by atoms with Gasteiger partial charge in [0, 0.05) is 12.8 Å². The van der Waals surface area contributed by atoms with Crippen molar-refractivity contribution in [1.82, 2.24) is 14.6 Å². The van der Waals surface area contributed by atoms with Crippen LogP contribution in [0, 0.1) is 0 Å². The second-order valence-corrected chi connectivity index (χ2v) is 4.36. The average molecular weight is 238 g/mol. The number of ether oxygens (including phenoxy) is 1. The Kier molecular flexibility index (Phi) is 2.53. The van der Waals surface area contributed by atoms with Crippen molar-refractivity contribution in [2.75, 3.05) is 6.61 Å². The molecular weight excluding hydrogens is 226 g/mol. The van der Waals surface area contributed by atoms with Crippen LogP contribution in [0.4, 0.5) is 0 Å². The van der Waals surface area contributed by atoms with Gasteiger partial charge in [0.15, 0.2) is 11.5 Å². The van der Waals surface area contributed by atoms with Crippen molar-refractivity contribution in [3.8, 4) is 0 Å². The molecule has 0 aromatic carbocycles. The van der Waals surface area contributed by atoms with E-state index in [1.807, 2.05) is 18.3 Å². The van der Waals surface area contributed by atoms with E-state index >= 15 is 0 Å². The molecule has 2 aromatic heterocycles. The number of fused-ring (bicyclic) bond motifs is 1. The van der Waals surface area contributed by atoms with Gasteiger partial charge in [0.25, 0.3) is 0 Å². The molecule has 1 fully saturated rings. The van der Waals surface area contributed by atoms with Gasteiger partial charge >= 0.3 is 0 Å². The van der Waals surface area contributed by atoms with E-state index in [0.29, 0.717) is 10.7 Å². The Morgan fingerprint density at radius 2 is 2.38 bits per heavy atom. The summed E-state index contributed by atoms with van der Waals surface area (Å²) in [6.45, 7) is 0.800. The molecule has 0 aliphatic carbocycles. The molecule has 0 spiro atoms. The summed E-state index contributed by atoms with van der Waals surface area (Å²) in [7, 11) is 0. The van der Waals surface area contributed by atoms with Crippen LogP contribution in [0.25, 0.3) is 5.65 Å². The first-order chi connectivity index (χ1) is 7.84. The zero-order valence-corrected chi connectivity index (χ0v) is 9.52. The van der Waals surface area contributed by atoms with Gasteiger partial charge < -0.3 is 4.74 Å². The van der Waals surface area contributed by atoms with Crippen molar-refractivity contribution < 1.29 is 4.74 Å². The first kappa shape index (κ1) is 10.1. The van der Waals surface area contributed by atoms with E-state index in [0.717, 1.165) is 25.3 Å². The second-order valence-electron chi connectivity index (χ2n) is 3.95. The molecule has 1 saturated heterocycles. The van der Waals surface area contributed by atoms with Crippen LogP contribution in [0.3, 0.4) is 0 Å². The molecule has 0 bridgehead atoms. The van der Waals surface area contributed by atoms with Gasteiger partial charge in [-0.3, -0.25) is 0 Å². The first-order valence-electron chi connectivity index (χ1n) is 5.47. The fraction of sp³-hybridized carbons (Fsp3) is 0.455. The fourth-order valence-electron chi connectivity index (χ4n) is 1.97. The molecule has 5 heteroatoms. The van der Waals surface area contributed by atoms with Crippen molar-refractivity contribution in [1.29, 1.82) is 0 Å². The molecule has 1 aliphatic heterocycles. The third kappa shape index (κ3) is 1.68. The van der Waals surface area contributed by atoms with Crippen molar-refractivity contribution in [3.63, 3.8) is 0 Å².